The number of nitrogens with one attached hydrogen (secondary N) is 12. The van der Waals surface area contributed by atoms with E-state index in [1.54, 1.807) is 36.4 Å². The van der Waals surface area contributed by atoms with E-state index in [1.807, 2.05) is 153 Å². The van der Waals surface area contributed by atoms with Gasteiger partial charge in [0.2, 0.25) is 70.9 Å². The maximum Gasteiger partial charge on any atom is 0.228 e. The van der Waals surface area contributed by atoms with Crippen LogP contribution in [0.25, 0.3) is 0 Å². The summed E-state index contributed by atoms with van der Waals surface area (Å²) in [5, 5.41) is 33.7. The van der Waals surface area contributed by atoms with Crippen LogP contribution < -0.4 is 133 Å². The van der Waals surface area contributed by atoms with Gasteiger partial charge in [-0.3, -0.25) is 57.5 Å². The van der Waals surface area contributed by atoms with Crippen LogP contribution >= 0.6 is 39.1 Å². The van der Waals surface area contributed by atoms with Gasteiger partial charge in [-0.05, 0) is 316 Å². The molecule has 0 spiro atoms. The minimum atomic E-state index is -0.490. The number of rotatable bonds is 0. The number of nitrogen functional groups attached to an aromatic ring is 12. The largest absolute Gasteiger partial charge is 0.399 e. The van der Waals surface area contributed by atoms with Gasteiger partial charge in [-0.25, -0.2) is 4.39 Å². The highest BCUT2D eigenvalue weighted by atomic mass is 79.9. The van der Waals surface area contributed by atoms with Gasteiger partial charge in [0.05, 0.1) is 104 Å². The van der Waals surface area contributed by atoms with Gasteiger partial charge in [-0.15, -0.1) is 0 Å². The second-order valence-electron chi connectivity index (χ2n) is 36.0. The number of anilines is 24. The highest BCUT2D eigenvalue weighted by Crippen LogP contribution is 2.41. The first kappa shape index (κ1) is 105. The highest BCUT2D eigenvalue weighted by Gasteiger charge is 2.30. The maximum absolute atomic E-state index is 12.8. The van der Waals surface area contributed by atoms with Crippen LogP contribution in [-0.2, 0) is 135 Å². The Morgan fingerprint density at radius 2 is 0.552 bits per heavy atom. The minimum absolute atomic E-state index is 0.00772. The molecule has 0 fully saturated rings. The Bertz CT molecular complexity index is 6630. The summed E-state index contributed by atoms with van der Waals surface area (Å²) in [7, 11) is 0. The van der Waals surface area contributed by atoms with E-state index >= 15 is 0 Å². The number of carbonyl (C=O) groups is 12. The average molecular weight is 2070 g/mol. The predicted octanol–water partition coefficient (Wildman–Crippen LogP) is 14.1. The van der Waals surface area contributed by atoms with Gasteiger partial charge in [0.25, 0.3) is 0 Å². The van der Waals surface area contributed by atoms with Crippen LogP contribution in [0.3, 0.4) is 0 Å². The summed E-state index contributed by atoms with van der Waals surface area (Å²) in [6, 6.07) is 41.0. The molecule has 750 valence electrons. The van der Waals surface area contributed by atoms with Gasteiger partial charge in [0.1, 0.15) is 5.82 Å². The molecule has 12 heterocycles. The number of aryl methyl sites for hydroxylation is 5. The lowest BCUT2D eigenvalue weighted by Crippen LogP contribution is -2.04. The van der Waals surface area contributed by atoms with Gasteiger partial charge in [-0.2, -0.15) is 0 Å². The normalized spacial score (nSPS) is 14.2. The first-order valence-corrected chi connectivity index (χ1v) is 47.0. The van der Waals surface area contributed by atoms with E-state index in [-0.39, 0.29) is 76.6 Å². The Morgan fingerprint density at radius 1 is 0.221 bits per heavy atom. The number of carbonyl (C=O) groups excluding carboxylic acids is 12. The molecule has 12 aliphatic heterocycles. The summed E-state index contributed by atoms with van der Waals surface area (Å²) in [5.74, 6) is -0.185. The van der Waals surface area contributed by atoms with Crippen molar-refractivity contribution in [3.05, 3.63) is 277 Å². The zero-order valence-electron chi connectivity index (χ0n) is 80.6. The highest BCUT2D eigenvalue weighted by molar-refractivity contribution is 9.10. The van der Waals surface area contributed by atoms with Crippen molar-refractivity contribution in [1.82, 2.24) is 0 Å². The fraction of sp³-hybridized carbons (Fsp3) is 0.200. The molecule has 36 N–H and O–H groups in total. The molecule has 36 nitrogen and oxygen atoms in total. The van der Waals surface area contributed by atoms with Crippen molar-refractivity contribution < 1.29 is 61.9 Å². The standard InChI is InChI=1S/2C10H12N2O.5C9H10N2O.C8H7BrN2O.2C8H7ClN2O.C8H7FN2O.C8H8N2O/c1-5-6(2)8(11)4-9-7(5)3-10(13)12-9;1-5-3-8(11)6(2)7-4-9(13)12-10(5)7;3*1-5-2-6-3-9(12)11-8(6)4-7(5)10;1-5-2-6(10)3-8-7(5)4-9(12)11-8;1-5-6-4-9(12)11-8(6)3-2-7(5)10;2*9-5-3-7-4(1-6(5)10)2-8(12)11-7;9-6-3-5(10)1-4-2-7(12)11-8(4)6;9-5-3-7-4(1-6(5)10)2-8(12)11-7;9-6-1-2-7-5(3-6)4-8(11)10-7/h4H,3,11H2,1-2H3,(H,12,13);3H,4,11H2,1-2H3,(H,12,13);3*2,4H,3,10H2,1H3,(H,11,12);2*2-3H,4,10H2,1H3,(H,11,12);4*1,3H,2,10H2,(H,11,12);1-3H,4,9H2,(H,10,11). The van der Waals surface area contributed by atoms with E-state index in [0.717, 1.165) is 212 Å². The van der Waals surface area contributed by atoms with Crippen LogP contribution in [0, 0.1) is 68.1 Å². The Hall–Kier alpha value is -17.1. The van der Waals surface area contributed by atoms with Gasteiger partial charge in [0.15, 0.2) is 0 Å². The average Bonchev–Trinajstić information content (AvgIpc) is 1.55. The minimum Gasteiger partial charge on any atom is -0.399 e. The van der Waals surface area contributed by atoms with Crippen molar-refractivity contribution in [1.29, 1.82) is 0 Å². The first-order valence-electron chi connectivity index (χ1n) is 45.4. The number of hydrogen-bond acceptors (Lipinski definition) is 24. The zero-order valence-corrected chi connectivity index (χ0v) is 83.7. The molecule has 0 unspecified atom stereocenters. The molecule has 0 aliphatic carbocycles. The molecule has 12 aromatic rings. The Kier molecular flexibility index (Phi) is 32.2. The maximum atomic E-state index is 12.8. The van der Waals surface area contributed by atoms with Crippen LogP contribution in [0.15, 0.2) is 144 Å². The number of fused-ring (bicyclic) bond motifs is 12. The van der Waals surface area contributed by atoms with E-state index in [0.29, 0.717) is 127 Å². The summed E-state index contributed by atoms with van der Waals surface area (Å²) in [6.07, 6.45) is 5.32. The van der Waals surface area contributed by atoms with Crippen molar-refractivity contribution in [3.8, 4) is 0 Å². The quantitative estimate of drug-likeness (QED) is 0.0627. The van der Waals surface area contributed by atoms with Crippen LogP contribution in [0.4, 0.5) is 141 Å². The molecule has 0 atom stereocenters. The fourth-order valence-electron chi connectivity index (χ4n) is 17.1. The van der Waals surface area contributed by atoms with Gasteiger partial charge < -0.3 is 133 Å². The lowest BCUT2D eigenvalue weighted by atomic mass is 9.99. The molecule has 24 rings (SSSR count). The Morgan fingerprint density at radius 3 is 1.06 bits per heavy atom. The number of amides is 12. The van der Waals surface area contributed by atoms with Crippen molar-refractivity contribution in [2.24, 2.45) is 0 Å². The van der Waals surface area contributed by atoms with E-state index in [9.17, 15) is 61.9 Å². The summed E-state index contributed by atoms with van der Waals surface area (Å²) in [6.45, 7) is 17.6. The number of nitrogens with two attached hydrogens (primary N) is 12. The zero-order chi connectivity index (χ0) is 105. The lowest BCUT2D eigenvalue weighted by molar-refractivity contribution is -0.115. The molecule has 12 amide bonds. The monoisotopic (exact) mass is 2070 g/mol. The summed E-state index contributed by atoms with van der Waals surface area (Å²) in [4.78, 5) is 132. The molecular weight excluding hydrogens is 1960 g/mol. The number of benzene rings is 12. The van der Waals surface area contributed by atoms with Crippen LogP contribution in [-0.4, -0.2) is 70.9 Å². The summed E-state index contributed by atoms with van der Waals surface area (Å²) < 4.78 is 13.6. The topological polar surface area (TPSA) is 661 Å². The molecule has 0 bridgehead atoms. The van der Waals surface area contributed by atoms with Gasteiger partial charge in [0, 0.05) is 124 Å². The number of hydrogen-bond donors (Lipinski definition) is 24. The Labute approximate surface area is 851 Å². The third kappa shape index (κ3) is 25.8. The second kappa shape index (κ2) is 44.4. The first-order chi connectivity index (χ1) is 68.4. The van der Waals surface area contributed by atoms with Gasteiger partial charge >= 0.3 is 0 Å². The lowest BCUT2D eigenvalue weighted by Gasteiger charge is -2.09. The molecule has 0 aromatic heterocycles. The summed E-state index contributed by atoms with van der Waals surface area (Å²) in [5.41, 5.74) is 107. The molecule has 0 saturated carbocycles. The molecule has 0 saturated heterocycles. The van der Waals surface area contributed by atoms with E-state index in [4.69, 9.17) is 92.0 Å². The van der Waals surface area contributed by atoms with Crippen LogP contribution in [0.1, 0.15) is 117 Å². The van der Waals surface area contributed by atoms with Crippen molar-refractivity contribution in [3.63, 3.8) is 0 Å². The van der Waals surface area contributed by atoms with E-state index in [2.05, 4.69) is 79.7 Å². The molecule has 145 heavy (non-hydrogen) atoms. The summed E-state index contributed by atoms with van der Waals surface area (Å²) >= 11 is 14.9. The third-order valence-corrected chi connectivity index (χ3v) is 26.4. The smallest absolute Gasteiger partial charge is 0.228 e. The van der Waals surface area contributed by atoms with Crippen molar-refractivity contribution in [2.75, 3.05) is 133 Å². The second-order valence-corrected chi connectivity index (χ2v) is 37.7. The van der Waals surface area contributed by atoms with E-state index in [1.165, 1.54) is 12.1 Å². The number of halogens is 4. The molecule has 40 heteroatoms. The van der Waals surface area contributed by atoms with Crippen LogP contribution in [0.2, 0.25) is 10.0 Å². The molecular formula is C105H110BrCl2FN24O12. The van der Waals surface area contributed by atoms with Crippen molar-refractivity contribution in [2.45, 2.75) is 139 Å². The predicted molar refractivity (Wildman–Crippen MR) is 579 cm³/mol. The molecule has 12 aromatic carbocycles. The molecule has 12 aliphatic rings. The van der Waals surface area contributed by atoms with Gasteiger partial charge in [-0.1, -0.05) is 41.4 Å². The van der Waals surface area contributed by atoms with Crippen LogP contribution in [0.5, 0.6) is 0 Å². The Balaban J connectivity index is 0.000000132. The van der Waals surface area contributed by atoms with Crippen molar-refractivity contribution >= 4 is 247 Å². The fourth-order valence-corrected chi connectivity index (χ4v) is 17.9. The van der Waals surface area contributed by atoms with E-state index < -0.39 is 5.82 Å². The third-order valence-electron chi connectivity index (χ3n) is 25.1. The SMILES string of the molecule is Cc1c(N)cc2c(c1C)CC(=O)N2.Cc1c(N)ccc2c1CC(=O)N2.Cc1cc(N)c(C)c2c1NC(=O)C2.Cc1cc(N)cc2c1CC(=O)N2.Cc1cc2c(cc1N)NC(=O)C2.Cc1cc2c(cc1N)NC(=O)C2.Cc1cc2c(cc1N)NC(=O)C2.Nc1cc(Cl)c2c(c1)CC(=O)N2.Nc1cc2c(cc1Br)NC(=O)C2.Nc1cc2c(cc1Cl)NC(=O)C2.Nc1cc2c(cc1F)NC(=O)C2.Nc1ccc2c(c1)CC(=O)N2. The molecule has 0 radical (unpaired) electrons.